The van der Waals surface area contributed by atoms with Gasteiger partial charge in [0.05, 0.1) is 0 Å². The highest BCUT2D eigenvalue weighted by Crippen LogP contribution is 2.25. The Kier molecular flexibility index (Phi) is 3.67. The lowest BCUT2D eigenvalue weighted by Gasteiger charge is -2.06. The van der Waals surface area contributed by atoms with E-state index in [1.54, 1.807) is 11.8 Å². The summed E-state index contributed by atoms with van der Waals surface area (Å²) in [5, 5.41) is 5.99. The monoisotopic (exact) mass is 227 g/mol. The molecule has 0 aliphatic carbocycles. The van der Waals surface area contributed by atoms with Crippen LogP contribution in [-0.4, -0.2) is 34.6 Å². The first-order valence-corrected chi connectivity index (χ1v) is 6.73. The summed E-state index contributed by atoms with van der Waals surface area (Å²) in [7, 11) is 0. The molecule has 2 heterocycles. The van der Waals surface area contributed by atoms with Gasteiger partial charge in [-0.1, -0.05) is 11.8 Å². The normalized spacial score (nSPS) is 21.4. The molecule has 3 nitrogen and oxygen atoms in total. The van der Waals surface area contributed by atoms with Gasteiger partial charge in [0.2, 0.25) is 0 Å². The predicted molar refractivity (Wildman–Crippen MR) is 60.9 cm³/mol. The fraction of sp³-hybridized carbons (Fsp3) is 0.556. The second kappa shape index (κ2) is 5.00. The quantitative estimate of drug-likeness (QED) is 0.483. The van der Waals surface area contributed by atoms with Gasteiger partial charge in [-0.15, -0.1) is 11.8 Å². The number of hydrogen-bond donors (Lipinski definition) is 1. The van der Waals surface area contributed by atoms with E-state index in [2.05, 4.69) is 15.3 Å². The van der Waals surface area contributed by atoms with Crippen molar-refractivity contribution in [2.24, 2.45) is 0 Å². The summed E-state index contributed by atoms with van der Waals surface area (Å²) < 4.78 is 0. The van der Waals surface area contributed by atoms with Crippen molar-refractivity contribution in [3.8, 4) is 0 Å². The summed E-state index contributed by atoms with van der Waals surface area (Å²) in [6.07, 6.45) is 5.08. The Hall–Kier alpha value is -0.260. The van der Waals surface area contributed by atoms with Crippen LogP contribution in [0.5, 0.6) is 0 Å². The third-order valence-electron chi connectivity index (χ3n) is 2.09. The SMILES string of the molecule is CSc1nccc(SC2CCNC2)n1. The molecule has 1 unspecified atom stereocenters. The summed E-state index contributed by atoms with van der Waals surface area (Å²) in [6, 6.07) is 1.99. The molecule has 0 bridgehead atoms. The highest BCUT2D eigenvalue weighted by atomic mass is 32.2. The van der Waals surface area contributed by atoms with Crippen molar-refractivity contribution in [3.63, 3.8) is 0 Å². The smallest absolute Gasteiger partial charge is 0.188 e. The van der Waals surface area contributed by atoms with Gasteiger partial charge < -0.3 is 5.32 Å². The zero-order valence-electron chi connectivity index (χ0n) is 8.06. The molecule has 1 saturated heterocycles. The van der Waals surface area contributed by atoms with E-state index in [0.29, 0.717) is 5.25 Å². The number of rotatable bonds is 3. The molecule has 1 aromatic heterocycles. The third-order valence-corrected chi connectivity index (χ3v) is 3.86. The third kappa shape index (κ3) is 2.62. The molecule has 2 rings (SSSR count). The largest absolute Gasteiger partial charge is 0.316 e. The second-order valence-corrected chi connectivity index (χ2v) is 5.21. The summed E-state index contributed by atoms with van der Waals surface area (Å²) >= 11 is 3.44. The van der Waals surface area contributed by atoms with Gasteiger partial charge >= 0.3 is 0 Å². The van der Waals surface area contributed by atoms with E-state index in [9.17, 15) is 0 Å². The Labute approximate surface area is 92.5 Å². The molecule has 5 heteroatoms. The molecule has 1 N–H and O–H groups in total. The summed E-state index contributed by atoms with van der Waals surface area (Å²) in [5.74, 6) is 0. The number of nitrogens with zero attached hydrogens (tertiary/aromatic N) is 2. The minimum absolute atomic E-state index is 0.680. The van der Waals surface area contributed by atoms with Gasteiger partial charge in [0.15, 0.2) is 5.16 Å². The van der Waals surface area contributed by atoms with Gasteiger partial charge in [0.1, 0.15) is 5.03 Å². The van der Waals surface area contributed by atoms with Crippen LogP contribution in [0.2, 0.25) is 0 Å². The van der Waals surface area contributed by atoms with Crippen LogP contribution < -0.4 is 5.32 Å². The van der Waals surface area contributed by atoms with Crippen molar-refractivity contribution in [2.45, 2.75) is 21.9 Å². The van der Waals surface area contributed by atoms with Crippen LogP contribution in [-0.2, 0) is 0 Å². The highest BCUT2D eigenvalue weighted by Gasteiger charge is 2.16. The topological polar surface area (TPSA) is 37.8 Å². The molecule has 1 fully saturated rings. The Balaban J connectivity index is 2.00. The molecule has 1 aliphatic heterocycles. The van der Waals surface area contributed by atoms with Crippen molar-refractivity contribution < 1.29 is 0 Å². The summed E-state index contributed by atoms with van der Waals surface area (Å²) in [6.45, 7) is 2.24. The zero-order chi connectivity index (χ0) is 9.80. The van der Waals surface area contributed by atoms with E-state index in [4.69, 9.17) is 0 Å². The zero-order valence-corrected chi connectivity index (χ0v) is 9.70. The van der Waals surface area contributed by atoms with Crippen LogP contribution in [0.15, 0.2) is 22.4 Å². The molecule has 0 spiro atoms. The molecular formula is C9H13N3S2. The molecule has 0 aromatic carbocycles. The maximum atomic E-state index is 4.44. The lowest BCUT2D eigenvalue weighted by atomic mass is 10.4. The average molecular weight is 227 g/mol. The molecule has 1 aliphatic rings. The molecule has 0 saturated carbocycles. The standard InChI is InChI=1S/C9H13N3S2/c1-13-9-11-5-3-8(12-9)14-7-2-4-10-6-7/h3,5,7,10H,2,4,6H2,1H3. The Morgan fingerprint density at radius 3 is 3.21 bits per heavy atom. The number of aromatic nitrogens is 2. The fourth-order valence-electron chi connectivity index (χ4n) is 1.39. The fourth-order valence-corrected chi connectivity index (χ4v) is 2.86. The Morgan fingerprint density at radius 1 is 1.57 bits per heavy atom. The van der Waals surface area contributed by atoms with E-state index in [1.807, 2.05) is 30.3 Å². The number of thioether (sulfide) groups is 2. The molecule has 14 heavy (non-hydrogen) atoms. The first-order valence-electron chi connectivity index (χ1n) is 4.63. The predicted octanol–water partition coefficient (Wildman–Crippen LogP) is 1.65. The van der Waals surface area contributed by atoms with Gasteiger partial charge in [-0.2, -0.15) is 0 Å². The van der Waals surface area contributed by atoms with E-state index >= 15 is 0 Å². The van der Waals surface area contributed by atoms with Crippen LogP contribution in [0.4, 0.5) is 0 Å². The maximum Gasteiger partial charge on any atom is 0.188 e. The number of hydrogen-bond acceptors (Lipinski definition) is 5. The van der Waals surface area contributed by atoms with Crippen molar-refractivity contribution in [1.82, 2.24) is 15.3 Å². The molecule has 0 radical (unpaired) electrons. The van der Waals surface area contributed by atoms with Gasteiger partial charge in [0.25, 0.3) is 0 Å². The molecule has 76 valence electrons. The first kappa shape index (κ1) is 10.3. The van der Waals surface area contributed by atoms with Crippen molar-refractivity contribution >= 4 is 23.5 Å². The average Bonchev–Trinajstić information content (AvgIpc) is 2.71. The number of nitrogens with one attached hydrogen (secondary N) is 1. The van der Waals surface area contributed by atoms with Crippen molar-refractivity contribution in [2.75, 3.05) is 19.3 Å². The summed E-state index contributed by atoms with van der Waals surface area (Å²) in [5.41, 5.74) is 0. The van der Waals surface area contributed by atoms with Crippen LogP contribution in [0.25, 0.3) is 0 Å². The second-order valence-electron chi connectivity index (χ2n) is 3.11. The lowest BCUT2D eigenvalue weighted by Crippen LogP contribution is -2.10. The van der Waals surface area contributed by atoms with Crippen molar-refractivity contribution in [1.29, 1.82) is 0 Å². The Morgan fingerprint density at radius 2 is 2.50 bits per heavy atom. The van der Waals surface area contributed by atoms with E-state index in [0.717, 1.165) is 23.3 Å². The van der Waals surface area contributed by atoms with E-state index in [1.165, 1.54) is 6.42 Å². The lowest BCUT2D eigenvalue weighted by molar-refractivity contribution is 0.857. The van der Waals surface area contributed by atoms with Crippen molar-refractivity contribution in [3.05, 3.63) is 12.3 Å². The van der Waals surface area contributed by atoms with Crippen LogP contribution in [0.1, 0.15) is 6.42 Å². The van der Waals surface area contributed by atoms with E-state index in [-0.39, 0.29) is 0 Å². The van der Waals surface area contributed by atoms with Gasteiger partial charge in [-0.25, -0.2) is 9.97 Å². The van der Waals surface area contributed by atoms with Gasteiger partial charge in [-0.05, 0) is 25.3 Å². The molecule has 1 aromatic rings. The molecule has 0 amide bonds. The first-order chi connectivity index (χ1) is 6.88. The van der Waals surface area contributed by atoms with Crippen LogP contribution in [0, 0.1) is 0 Å². The maximum absolute atomic E-state index is 4.44. The van der Waals surface area contributed by atoms with E-state index < -0.39 is 0 Å². The van der Waals surface area contributed by atoms with Crippen LogP contribution >= 0.6 is 23.5 Å². The summed E-state index contributed by atoms with van der Waals surface area (Å²) in [4.78, 5) is 8.60. The molecular weight excluding hydrogens is 214 g/mol. The van der Waals surface area contributed by atoms with Crippen LogP contribution in [0.3, 0.4) is 0 Å². The Bertz CT molecular complexity index is 300. The van der Waals surface area contributed by atoms with Gasteiger partial charge in [0, 0.05) is 18.0 Å². The van der Waals surface area contributed by atoms with Gasteiger partial charge in [-0.3, -0.25) is 0 Å². The minimum Gasteiger partial charge on any atom is -0.316 e. The highest BCUT2D eigenvalue weighted by molar-refractivity contribution is 8.00. The molecule has 1 atom stereocenters. The minimum atomic E-state index is 0.680.